The fraction of sp³-hybridized carbons (Fsp3) is 0.417. The van der Waals surface area contributed by atoms with E-state index in [1.54, 1.807) is 17.0 Å². The van der Waals surface area contributed by atoms with Gasteiger partial charge in [-0.05, 0) is 62.6 Å². The molecule has 2 amide bonds. The molecule has 0 saturated heterocycles. The molecular weight excluding hydrogens is 487 g/mol. The lowest BCUT2D eigenvalue weighted by Crippen LogP contribution is -2.53. The van der Waals surface area contributed by atoms with Gasteiger partial charge in [-0.1, -0.05) is 59.9 Å². The van der Waals surface area contributed by atoms with Gasteiger partial charge in [-0.2, -0.15) is 0 Å². The molecule has 0 aliphatic carbocycles. The molecule has 4 nitrogen and oxygen atoms in total. The first kappa shape index (κ1) is 26.8. The Labute approximate surface area is 210 Å². The van der Waals surface area contributed by atoms with Gasteiger partial charge in [0.15, 0.2) is 0 Å². The van der Waals surface area contributed by atoms with E-state index in [4.69, 9.17) is 34.8 Å². The summed E-state index contributed by atoms with van der Waals surface area (Å²) in [6.45, 7) is 7.93. The third kappa shape index (κ3) is 8.51. The lowest BCUT2D eigenvalue weighted by molar-refractivity contribution is -0.140. The van der Waals surface area contributed by atoms with E-state index in [9.17, 15) is 9.59 Å². The van der Waals surface area contributed by atoms with Gasteiger partial charge in [0.05, 0.1) is 15.8 Å². The van der Waals surface area contributed by atoms with E-state index in [0.717, 1.165) is 11.1 Å². The number of rotatable bonds is 9. The normalized spacial score (nSPS) is 12.3. The van der Waals surface area contributed by atoms with E-state index >= 15 is 0 Å². The number of carbonyl (C=O) groups is 2. The minimum Gasteiger partial charge on any atom is -0.350 e. The van der Waals surface area contributed by atoms with Gasteiger partial charge in [0, 0.05) is 22.9 Å². The molecule has 0 aliphatic rings. The standard InChI is InChI=1S/C24H29Cl3N2O2S/c1-5-21(23(31)28-24(2,3)4)29(13-16-9-10-19(26)20(27)12-16)22(30)15-32-14-17-7-6-8-18(25)11-17/h6-12,21H,5,13-15H2,1-4H3,(H,28,31)/t21-/m1/s1. The van der Waals surface area contributed by atoms with Crippen molar-refractivity contribution in [3.8, 4) is 0 Å². The summed E-state index contributed by atoms with van der Waals surface area (Å²) in [7, 11) is 0. The third-order valence-corrected chi connectivity index (χ3v) is 6.57. The lowest BCUT2D eigenvalue weighted by Gasteiger charge is -2.33. The Morgan fingerprint density at radius 2 is 1.75 bits per heavy atom. The first-order chi connectivity index (χ1) is 15.0. The number of nitrogens with zero attached hydrogens (tertiary/aromatic N) is 1. The molecule has 8 heteroatoms. The minimum absolute atomic E-state index is 0.112. The van der Waals surface area contributed by atoms with Gasteiger partial charge >= 0.3 is 0 Å². The maximum absolute atomic E-state index is 13.3. The summed E-state index contributed by atoms with van der Waals surface area (Å²) in [4.78, 5) is 27.9. The molecule has 2 aromatic rings. The number of benzene rings is 2. The SMILES string of the molecule is CC[C@H](C(=O)NC(C)(C)C)N(Cc1ccc(Cl)c(Cl)c1)C(=O)CSCc1cccc(Cl)c1. The Morgan fingerprint density at radius 1 is 1.03 bits per heavy atom. The fourth-order valence-corrected chi connectivity index (χ4v) is 4.56. The van der Waals surface area contributed by atoms with E-state index in [-0.39, 0.29) is 24.1 Å². The molecule has 0 aliphatic heterocycles. The van der Waals surface area contributed by atoms with Gasteiger partial charge in [0.2, 0.25) is 11.8 Å². The zero-order valence-electron chi connectivity index (χ0n) is 18.8. The zero-order chi connectivity index (χ0) is 23.9. The van der Waals surface area contributed by atoms with Gasteiger partial charge in [0.25, 0.3) is 0 Å². The number of thioether (sulfide) groups is 1. The quantitative estimate of drug-likeness (QED) is 0.409. The summed E-state index contributed by atoms with van der Waals surface area (Å²) < 4.78 is 0. The number of halogens is 3. The summed E-state index contributed by atoms with van der Waals surface area (Å²) in [5, 5.41) is 4.53. The Balaban J connectivity index is 2.19. The van der Waals surface area contributed by atoms with Crippen LogP contribution in [0.3, 0.4) is 0 Å². The van der Waals surface area contributed by atoms with Crippen LogP contribution < -0.4 is 5.32 Å². The van der Waals surface area contributed by atoms with Crippen LogP contribution in [-0.2, 0) is 21.9 Å². The Bertz CT molecular complexity index is 947. The van der Waals surface area contributed by atoms with Crippen molar-refractivity contribution in [2.24, 2.45) is 0 Å². The van der Waals surface area contributed by atoms with Crippen LogP contribution in [0.25, 0.3) is 0 Å². The molecule has 0 radical (unpaired) electrons. The van der Waals surface area contributed by atoms with Crippen molar-refractivity contribution in [2.45, 2.75) is 58.0 Å². The summed E-state index contributed by atoms with van der Waals surface area (Å²) in [6.07, 6.45) is 0.494. The lowest BCUT2D eigenvalue weighted by atomic mass is 10.1. The molecule has 32 heavy (non-hydrogen) atoms. The van der Waals surface area contributed by atoms with Crippen molar-refractivity contribution in [1.82, 2.24) is 10.2 Å². The molecule has 1 atom stereocenters. The number of hydrogen-bond acceptors (Lipinski definition) is 3. The van der Waals surface area contributed by atoms with Crippen LogP contribution in [0.2, 0.25) is 15.1 Å². The number of carbonyl (C=O) groups excluding carboxylic acids is 2. The maximum Gasteiger partial charge on any atom is 0.243 e. The van der Waals surface area contributed by atoms with Crippen molar-refractivity contribution in [2.75, 3.05) is 5.75 Å². The largest absolute Gasteiger partial charge is 0.350 e. The monoisotopic (exact) mass is 514 g/mol. The number of hydrogen-bond donors (Lipinski definition) is 1. The maximum atomic E-state index is 13.3. The topological polar surface area (TPSA) is 49.4 Å². The van der Waals surface area contributed by atoms with Crippen LogP contribution >= 0.6 is 46.6 Å². The highest BCUT2D eigenvalue weighted by Crippen LogP contribution is 2.25. The molecule has 0 bridgehead atoms. The van der Waals surface area contributed by atoms with E-state index < -0.39 is 11.6 Å². The molecule has 0 spiro atoms. The van der Waals surface area contributed by atoms with Gasteiger partial charge in [-0.25, -0.2) is 0 Å². The van der Waals surface area contributed by atoms with Crippen LogP contribution in [-0.4, -0.2) is 34.0 Å². The van der Waals surface area contributed by atoms with E-state index in [1.165, 1.54) is 11.8 Å². The molecule has 2 aromatic carbocycles. The minimum atomic E-state index is -0.594. The second-order valence-corrected chi connectivity index (χ2v) is 10.8. The Kier molecular flexibility index (Phi) is 10.2. The molecule has 0 saturated carbocycles. The third-order valence-electron chi connectivity index (χ3n) is 4.60. The molecule has 2 rings (SSSR count). The molecular formula is C24H29Cl3N2O2S. The highest BCUT2D eigenvalue weighted by molar-refractivity contribution is 7.99. The van der Waals surface area contributed by atoms with Gasteiger partial charge in [-0.15, -0.1) is 11.8 Å². The highest BCUT2D eigenvalue weighted by atomic mass is 35.5. The van der Waals surface area contributed by atoms with Crippen LogP contribution in [0.15, 0.2) is 42.5 Å². The Hall–Kier alpha value is -1.40. The molecule has 0 unspecified atom stereocenters. The summed E-state index contributed by atoms with van der Waals surface area (Å²) in [5.41, 5.74) is 1.46. The van der Waals surface area contributed by atoms with Crippen molar-refractivity contribution in [3.63, 3.8) is 0 Å². The predicted octanol–water partition coefficient (Wildman–Crippen LogP) is 6.60. The fourth-order valence-electron chi connectivity index (χ4n) is 3.17. The molecule has 174 valence electrons. The summed E-state index contributed by atoms with van der Waals surface area (Å²) in [6, 6.07) is 12.2. The second kappa shape index (κ2) is 12.2. The van der Waals surface area contributed by atoms with Gasteiger partial charge < -0.3 is 10.2 Å². The number of amides is 2. The smallest absolute Gasteiger partial charge is 0.243 e. The van der Waals surface area contributed by atoms with Crippen LogP contribution in [0.1, 0.15) is 45.2 Å². The number of nitrogens with one attached hydrogen (secondary N) is 1. The van der Waals surface area contributed by atoms with Crippen LogP contribution in [0, 0.1) is 0 Å². The molecule has 0 fully saturated rings. The van der Waals surface area contributed by atoms with Gasteiger partial charge in [-0.3, -0.25) is 9.59 Å². The Morgan fingerprint density at radius 3 is 2.34 bits per heavy atom. The van der Waals surface area contributed by atoms with Crippen molar-refractivity contribution < 1.29 is 9.59 Å². The van der Waals surface area contributed by atoms with E-state index in [0.29, 0.717) is 27.2 Å². The van der Waals surface area contributed by atoms with Gasteiger partial charge in [0.1, 0.15) is 6.04 Å². The van der Waals surface area contributed by atoms with Crippen LogP contribution in [0.4, 0.5) is 0 Å². The van der Waals surface area contributed by atoms with E-state index in [1.807, 2.05) is 58.0 Å². The van der Waals surface area contributed by atoms with Crippen LogP contribution in [0.5, 0.6) is 0 Å². The summed E-state index contributed by atoms with van der Waals surface area (Å²) in [5.74, 6) is 0.609. The molecule has 0 heterocycles. The summed E-state index contributed by atoms with van der Waals surface area (Å²) >= 11 is 19.8. The second-order valence-electron chi connectivity index (χ2n) is 8.56. The van der Waals surface area contributed by atoms with Crippen molar-refractivity contribution >= 4 is 58.4 Å². The zero-order valence-corrected chi connectivity index (χ0v) is 21.8. The predicted molar refractivity (Wildman–Crippen MR) is 137 cm³/mol. The first-order valence-electron chi connectivity index (χ1n) is 10.4. The first-order valence-corrected chi connectivity index (χ1v) is 12.7. The average molecular weight is 516 g/mol. The van der Waals surface area contributed by atoms with Crippen molar-refractivity contribution in [1.29, 1.82) is 0 Å². The molecule has 1 N–H and O–H groups in total. The van der Waals surface area contributed by atoms with E-state index in [2.05, 4.69) is 5.32 Å². The average Bonchev–Trinajstić information content (AvgIpc) is 2.69. The molecule has 0 aromatic heterocycles. The van der Waals surface area contributed by atoms with Crippen molar-refractivity contribution in [3.05, 3.63) is 68.7 Å². The highest BCUT2D eigenvalue weighted by Gasteiger charge is 2.30.